The van der Waals surface area contributed by atoms with Gasteiger partial charge in [-0.05, 0) is 31.0 Å². The molecule has 0 spiro atoms. The van der Waals surface area contributed by atoms with E-state index in [0.29, 0.717) is 0 Å². The van der Waals surface area contributed by atoms with Crippen LogP contribution in [0, 0.1) is 5.82 Å². The zero-order chi connectivity index (χ0) is 13.7. The number of hydrogen-bond acceptors (Lipinski definition) is 2. The second-order valence-electron chi connectivity index (χ2n) is 4.73. The van der Waals surface area contributed by atoms with E-state index >= 15 is 0 Å². The summed E-state index contributed by atoms with van der Waals surface area (Å²) in [6, 6.07) is 6.81. The fraction of sp³-hybridized carbons (Fsp3) is 0.400. The highest BCUT2D eigenvalue weighted by molar-refractivity contribution is 5.19. The van der Waals surface area contributed by atoms with E-state index in [-0.39, 0.29) is 11.9 Å². The molecule has 2 aromatic rings. The number of halogens is 1. The summed E-state index contributed by atoms with van der Waals surface area (Å²) in [4.78, 5) is 4.18. The molecule has 0 fully saturated rings. The molecule has 1 aromatic heterocycles. The van der Waals surface area contributed by atoms with Crippen LogP contribution in [0.25, 0.3) is 0 Å². The van der Waals surface area contributed by atoms with E-state index < -0.39 is 0 Å². The van der Waals surface area contributed by atoms with Crippen molar-refractivity contribution in [3.63, 3.8) is 0 Å². The van der Waals surface area contributed by atoms with Crippen LogP contribution in [0.3, 0.4) is 0 Å². The van der Waals surface area contributed by atoms with Crippen LogP contribution in [0.15, 0.2) is 36.8 Å². The summed E-state index contributed by atoms with van der Waals surface area (Å²) in [6.07, 6.45) is 4.85. The normalized spacial score (nSPS) is 12.6. The molecule has 3 nitrogen and oxygen atoms in total. The van der Waals surface area contributed by atoms with Crippen molar-refractivity contribution >= 4 is 0 Å². The number of benzene rings is 1. The van der Waals surface area contributed by atoms with E-state index in [0.717, 1.165) is 25.1 Å². The number of aryl methyl sites for hydroxylation is 1. The molecule has 102 valence electrons. The molecule has 0 bridgehead atoms. The van der Waals surface area contributed by atoms with Crippen molar-refractivity contribution in [3.8, 4) is 0 Å². The van der Waals surface area contributed by atoms with E-state index in [1.165, 1.54) is 17.8 Å². The fourth-order valence-corrected chi connectivity index (χ4v) is 2.06. The van der Waals surface area contributed by atoms with Crippen LogP contribution in [0.5, 0.6) is 0 Å². The van der Waals surface area contributed by atoms with Crippen LogP contribution in [-0.4, -0.2) is 9.55 Å². The predicted molar refractivity (Wildman–Crippen MR) is 74.2 cm³/mol. The number of imidazole rings is 1. The van der Waals surface area contributed by atoms with Crippen LogP contribution in [0.1, 0.15) is 37.6 Å². The third-order valence-corrected chi connectivity index (χ3v) is 3.22. The monoisotopic (exact) mass is 261 g/mol. The first-order chi connectivity index (χ1) is 9.20. The van der Waals surface area contributed by atoms with Crippen LogP contribution in [0.4, 0.5) is 4.39 Å². The third-order valence-electron chi connectivity index (χ3n) is 3.22. The molecule has 0 saturated heterocycles. The number of nitrogens with one attached hydrogen (secondary N) is 1. The molecule has 1 atom stereocenters. The van der Waals surface area contributed by atoms with Crippen molar-refractivity contribution in [1.82, 2.24) is 14.9 Å². The Labute approximate surface area is 113 Å². The maximum atomic E-state index is 12.9. The lowest BCUT2D eigenvalue weighted by Gasteiger charge is -2.15. The Morgan fingerprint density at radius 2 is 2.05 bits per heavy atom. The maximum absolute atomic E-state index is 12.9. The van der Waals surface area contributed by atoms with Gasteiger partial charge in [-0.3, -0.25) is 0 Å². The van der Waals surface area contributed by atoms with E-state index in [4.69, 9.17) is 0 Å². The van der Waals surface area contributed by atoms with Crippen LogP contribution in [0.2, 0.25) is 0 Å². The van der Waals surface area contributed by atoms with Gasteiger partial charge in [-0.1, -0.05) is 19.1 Å². The molecule has 0 amide bonds. The molecule has 0 aliphatic heterocycles. The van der Waals surface area contributed by atoms with Gasteiger partial charge < -0.3 is 9.88 Å². The molecular weight excluding hydrogens is 241 g/mol. The Morgan fingerprint density at radius 3 is 2.74 bits per heavy atom. The Morgan fingerprint density at radius 1 is 1.32 bits per heavy atom. The van der Waals surface area contributed by atoms with E-state index in [2.05, 4.69) is 28.7 Å². The molecule has 0 unspecified atom stereocenters. The summed E-state index contributed by atoms with van der Waals surface area (Å²) < 4.78 is 15.0. The molecule has 0 radical (unpaired) electrons. The highest BCUT2D eigenvalue weighted by atomic mass is 19.1. The second kappa shape index (κ2) is 6.48. The standard InChI is InChI=1S/C15H20FN3/c1-3-8-19-11-17-9-15(19)10-18-12(2)13-4-6-14(16)7-5-13/h4-7,9,11-12,18H,3,8,10H2,1-2H3/t12-/m1/s1. The van der Waals surface area contributed by atoms with Crippen molar-refractivity contribution < 1.29 is 4.39 Å². The Bertz CT molecular complexity index is 504. The van der Waals surface area contributed by atoms with Crippen LogP contribution in [-0.2, 0) is 13.1 Å². The quantitative estimate of drug-likeness (QED) is 0.864. The molecule has 1 aromatic carbocycles. The minimum atomic E-state index is -0.197. The molecule has 0 saturated carbocycles. The molecule has 1 heterocycles. The Hall–Kier alpha value is -1.68. The molecule has 1 N–H and O–H groups in total. The largest absolute Gasteiger partial charge is 0.333 e. The van der Waals surface area contributed by atoms with Gasteiger partial charge in [0.25, 0.3) is 0 Å². The van der Waals surface area contributed by atoms with Gasteiger partial charge in [-0.25, -0.2) is 9.37 Å². The Balaban J connectivity index is 1.94. The van der Waals surface area contributed by atoms with E-state index in [1.807, 2.05) is 24.7 Å². The smallest absolute Gasteiger partial charge is 0.123 e. The lowest BCUT2D eigenvalue weighted by Crippen LogP contribution is -2.20. The van der Waals surface area contributed by atoms with Crippen molar-refractivity contribution in [2.45, 2.75) is 39.4 Å². The molecule has 4 heteroatoms. The SMILES string of the molecule is CCCn1cncc1CN[C@H](C)c1ccc(F)cc1. The molecule has 2 rings (SSSR count). The topological polar surface area (TPSA) is 29.9 Å². The minimum absolute atomic E-state index is 0.186. The molecule has 0 aliphatic carbocycles. The molecule has 19 heavy (non-hydrogen) atoms. The van der Waals surface area contributed by atoms with Crippen LogP contribution >= 0.6 is 0 Å². The highest BCUT2D eigenvalue weighted by Crippen LogP contribution is 2.13. The fourth-order valence-electron chi connectivity index (χ4n) is 2.06. The maximum Gasteiger partial charge on any atom is 0.123 e. The number of aromatic nitrogens is 2. The third kappa shape index (κ3) is 3.64. The van der Waals surface area contributed by atoms with Gasteiger partial charge >= 0.3 is 0 Å². The summed E-state index contributed by atoms with van der Waals surface area (Å²) in [5.41, 5.74) is 2.26. The van der Waals surface area contributed by atoms with Crippen molar-refractivity contribution in [3.05, 3.63) is 53.9 Å². The summed E-state index contributed by atoms with van der Waals surface area (Å²) in [5.74, 6) is -0.197. The number of nitrogens with zero attached hydrogens (tertiary/aromatic N) is 2. The summed E-state index contributed by atoms with van der Waals surface area (Å²) in [7, 11) is 0. The van der Waals surface area contributed by atoms with Gasteiger partial charge in [-0.15, -0.1) is 0 Å². The lowest BCUT2D eigenvalue weighted by atomic mass is 10.1. The first-order valence-electron chi connectivity index (χ1n) is 6.68. The summed E-state index contributed by atoms with van der Waals surface area (Å²) in [5, 5.41) is 3.44. The highest BCUT2D eigenvalue weighted by Gasteiger charge is 2.07. The first-order valence-corrected chi connectivity index (χ1v) is 6.68. The summed E-state index contributed by atoms with van der Waals surface area (Å²) >= 11 is 0. The zero-order valence-corrected chi connectivity index (χ0v) is 11.4. The van der Waals surface area contributed by atoms with Gasteiger partial charge in [0.1, 0.15) is 5.82 Å². The van der Waals surface area contributed by atoms with Gasteiger partial charge in [0.15, 0.2) is 0 Å². The van der Waals surface area contributed by atoms with Crippen molar-refractivity contribution in [2.24, 2.45) is 0 Å². The lowest BCUT2D eigenvalue weighted by molar-refractivity contribution is 0.540. The zero-order valence-electron chi connectivity index (χ0n) is 11.4. The first kappa shape index (κ1) is 13.7. The number of hydrogen-bond donors (Lipinski definition) is 1. The second-order valence-corrected chi connectivity index (χ2v) is 4.73. The Kier molecular flexibility index (Phi) is 4.68. The van der Waals surface area contributed by atoms with Gasteiger partial charge in [-0.2, -0.15) is 0 Å². The van der Waals surface area contributed by atoms with Gasteiger partial charge in [0, 0.05) is 25.3 Å². The average Bonchev–Trinajstić information content (AvgIpc) is 2.85. The minimum Gasteiger partial charge on any atom is -0.333 e. The van der Waals surface area contributed by atoms with Crippen molar-refractivity contribution in [2.75, 3.05) is 0 Å². The summed E-state index contributed by atoms with van der Waals surface area (Å²) in [6.45, 7) is 5.98. The van der Waals surface area contributed by atoms with Crippen LogP contribution < -0.4 is 5.32 Å². The predicted octanol–water partition coefficient (Wildman–Crippen LogP) is 3.28. The van der Waals surface area contributed by atoms with E-state index in [1.54, 1.807) is 0 Å². The van der Waals surface area contributed by atoms with E-state index in [9.17, 15) is 4.39 Å². The molecule has 0 aliphatic rings. The van der Waals surface area contributed by atoms with Crippen molar-refractivity contribution in [1.29, 1.82) is 0 Å². The molecular formula is C15H20FN3. The van der Waals surface area contributed by atoms with Gasteiger partial charge in [0.05, 0.1) is 12.0 Å². The average molecular weight is 261 g/mol. The number of rotatable bonds is 6. The van der Waals surface area contributed by atoms with Gasteiger partial charge in [0.2, 0.25) is 0 Å².